The fraction of sp³-hybridized carbons (Fsp3) is 0.500. The van der Waals surface area contributed by atoms with Crippen molar-refractivity contribution in [3.63, 3.8) is 0 Å². The van der Waals surface area contributed by atoms with Gasteiger partial charge in [0.2, 0.25) is 10.0 Å². The van der Waals surface area contributed by atoms with E-state index in [9.17, 15) is 8.42 Å². The number of hydrogen-bond donors (Lipinski definition) is 1. The molecule has 0 fully saturated rings. The van der Waals surface area contributed by atoms with E-state index in [4.69, 9.17) is 16.3 Å². The molecule has 1 unspecified atom stereocenters. The van der Waals surface area contributed by atoms with E-state index in [2.05, 4.69) is 4.72 Å². The van der Waals surface area contributed by atoms with Crippen LogP contribution in [0, 0.1) is 0 Å². The first-order chi connectivity index (χ1) is 8.48. The standard InChI is InChI=1S/C12H18ClNO3S/c1-3-17-12-6-4-11(5-7-12)10(2)14-18(15,16)9-8-13/h4-7,10,14H,3,8-9H2,1-2H3. The monoisotopic (exact) mass is 291 g/mol. The van der Waals surface area contributed by atoms with Gasteiger partial charge in [-0.15, -0.1) is 11.6 Å². The number of rotatable bonds is 7. The maximum Gasteiger partial charge on any atom is 0.213 e. The van der Waals surface area contributed by atoms with Gasteiger partial charge in [0.1, 0.15) is 5.75 Å². The first kappa shape index (κ1) is 15.3. The Morgan fingerprint density at radius 2 is 1.94 bits per heavy atom. The summed E-state index contributed by atoms with van der Waals surface area (Å²) < 4.78 is 31.0. The molecule has 0 radical (unpaired) electrons. The quantitative estimate of drug-likeness (QED) is 0.784. The van der Waals surface area contributed by atoms with E-state index < -0.39 is 10.0 Å². The summed E-state index contributed by atoms with van der Waals surface area (Å²) in [6.07, 6.45) is 0. The lowest BCUT2D eigenvalue weighted by Crippen LogP contribution is -2.29. The summed E-state index contributed by atoms with van der Waals surface area (Å²) in [7, 11) is -3.31. The lowest BCUT2D eigenvalue weighted by molar-refractivity contribution is 0.340. The van der Waals surface area contributed by atoms with Crippen LogP contribution in [0.15, 0.2) is 24.3 Å². The molecule has 1 rings (SSSR count). The minimum Gasteiger partial charge on any atom is -0.494 e. The summed E-state index contributed by atoms with van der Waals surface area (Å²) >= 11 is 5.44. The van der Waals surface area contributed by atoms with Gasteiger partial charge in [0, 0.05) is 11.9 Å². The van der Waals surface area contributed by atoms with E-state index in [0.29, 0.717) is 6.61 Å². The molecule has 0 aliphatic rings. The average Bonchev–Trinajstić information content (AvgIpc) is 2.29. The Labute approximate surface area is 113 Å². The highest BCUT2D eigenvalue weighted by Gasteiger charge is 2.14. The minimum atomic E-state index is -3.31. The predicted molar refractivity (Wildman–Crippen MR) is 73.7 cm³/mol. The molecule has 6 heteroatoms. The van der Waals surface area contributed by atoms with Gasteiger partial charge in [-0.2, -0.15) is 0 Å². The predicted octanol–water partition coefficient (Wildman–Crippen LogP) is 2.30. The first-order valence-corrected chi connectivity index (χ1v) is 7.96. The molecule has 0 spiro atoms. The van der Waals surface area contributed by atoms with Crippen LogP contribution in [-0.2, 0) is 10.0 Å². The largest absolute Gasteiger partial charge is 0.494 e. The van der Waals surface area contributed by atoms with Crippen molar-refractivity contribution in [3.8, 4) is 5.75 Å². The molecule has 0 bridgehead atoms. The van der Waals surface area contributed by atoms with Crippen molar-refractivity contribution in [1.29, 1.82) is 0 Å². The molecule has 1 atom stereocenters. The van der Waals surface area contributed by atoms with Crippen molar-refractivity contribution < 1.29 is 13.2 Å². The van der Waals surface area contributed by atoms with Gasteiger partial charge in [0.15, 0.2) is 0 Å². The lowest BCUT2D eigenvalue weighted by Gasteiger charge is -2.14. The van der Waals surface area contributed by atoms with Gasteiger partial charge in [-0.3, -0.25) is 0 Å². The third-order valence-electron chi connectivity index (χ3n) is 2.39. The van der Waals surface area contributed by atoms with E-state index in [1.165, 1.54) is 0 Å². The van der Waals surface area contributed by atoms with Crippen LogP contribution in [0.4, 0.5) is 0 Å². The highest BCUT2D eigenvalue weighted by Crippen LogP contribution is 2.18. The van der Waals surface area contributed by atoms with Gasteiger partial charge in [0.25, 0.3) is 0 Å². The zero-order valence-corrected chi connectivity index (χ0v) is 12.1. The third kappa shape index (κ3) is 4.84. The van der Waals surface area contributed by atoms with Crippen LogP contribution in [-0.4, -0.2) is 26.7 Å². The lowest BCUT2D eigenvalue weighted by atomic mass is 10.1. The van der Waals surface area contributed by atoms with Crippen molar-refractivity contribution >= 4 is 21.6 Å². The van der Waals surface area contributed by atoms with Crippen molar-refractivity contribution in [2.75, 3.05) is 18.2 Å². The number of alkyl halides is 1. The highest BCUT2D eigenvalue weighted by atomic mass is 35.5. The van der Waals surface area contributed by atoms with E-state index in [1.807, 2.05) is 31.2 Å². The molecule has 4 nitrogen and oxygen atoms in total. The number of sulfonamides is 1. The minimum absolute atomic E-state index is 0.0735. The maximum absolute atomic E-state index is 11.6. The number of halogens is 1. The summed E-state index contributed by atoms with van der Waals surface area (Å²) in [5, 5.41) is 0. The third-order valence-corrected chi connectivity index (χ3v) is 4.26. The van der Waals surface area contributed by atoms with Crippen molar-refractivity contribution in [2.24, 2.45) is 0 Å². The Morgan fingerprint density at radius 3 is 2.44 bits per heavy atom. The van der Waals surface area contributed by atoms with Gasteiger partial charge >= 0.3 is 0 Å². The zero-order valence-electron chi connectivity index (χ0n) is 10.5. The van der Waals surface area contributed by atoms with Gasteiger partial charge < -0.3 is 4.74 Å². The van der Waals surface area contributed by atoms with Crippen LogP contribution in [0.3, 0.4) is 0 Å². The number of ether oxygens (including phenoxy) is 1. The Bertz CT molecular complexity index is 459. The number of nitrogens with one attached hydrogen (secondary N) is 1. The van der Waals surface area contributed by atoms with Gasteiger partial charge in [-0.1, -0.05) is 12.1 Å². The molecule has 0 heterocycles. The van der Waals surface area contributed by atoms with Crippen molar-refractivity contribution in [3.05, 3.63) is 29.8 Å². The molecule has 0 saturated carbocycles. The van der Waals surface area contributed by atoms with E-state index in [-0.39, 0.29) is 17.7 Å². The van der Waals surface area contributed by atoms with E-state index >= 15 is 0 Å². The summed E-state index contributed by atoms with van der Waals surface area (Å²) in [4.78, 5) is 0. The average molecular weight is 292 g/mol. The Balaban J connectivity index is 2.69. The molecule has 1 N–H and O–H groups in total. The summed E-state index contributed by atoms with van der Waals surface area (Å²) in [5.74, 6) is 0.790. The molecular weight excluding hydrogens is 274 g/mol. The fourth-order valence-corrected chi connectivity index (χ4v) is 3.12. The topological polar surface area (TPSA) is 55.4 Å². The molecule has 1 aromatic rings. The molecule has 102 valence electrons. The second-order valence-corrected chi connectivity index (χ2v) is 6.10. The Hall–Kier alpha value is -0.780. The van der Waals surface area contributed by atoms with Crippen LogP contribution in [0.1, 0.15) is 25.5 Å². The van der Waals surface area contributed by atoms with E-state index in [1.54, 1.807) is 6.92 Å². The molecule has 1 aromatic carbocycles. The molecule has 18 heavy (non-hydrogen) atoms. The van der Waals surface area contributed by atoms with Crippen LogP contribution < -0.4 is 9.46 Å². The van der Waals surface area contributed by atoms with E-state index in [0.717, 1.165) is 11.3 Å². The summed E-state index contributed by atoms with van der Waals surface area (Å²) in [6, 6.07) is 7.06. The molecule has 0 saturated heterocycles. The van der Waals surface area contributed by atoms with Crippen LogP contribution in [0.25, 0.3) is 0 Å². The molecular formula is C12H18ClNO3S. The zero-order chi connectivity index (χ0) is 13.6. The first-order valence-electron chi connectivity index (χ1n) is 5.77. The number of hydrogen-bond acceptors (Lipinski definition) is 3. The van der Waals surface area contributed by atoms with Crippen molar-refractivity contribution in [2.45, 2.75) is 19.9 Å². The van der Waals surface area contributed by atoms with Crippen LogP contribution >= 0.6 is 11.6 Å². The van der Waals surface area contributed by atoms with Crippen molar-refractivity contribution in [1.82, 2.24) is 4.72 Å². The van der Waals surface area contributed by atoms with Crippen LogP contribution in [0.2, 0.25) is 0 Å². The number of benzene rings is 1. The van der Waals surface area contributed by atoms with Crippen LogP contribution in [0.5, 0.6) is 5.75 Å². The second-order valence-electron chi connectivity index (χ2n) is 3.85. The van der Waals surface area contributed by atoms with Gasteiger partial charge in [-0.05, 0) is 31.5 Å². The normalized spacial score (nSPS) is 13.3. The Morgan fingerprint density at radius 1 is 1.33 bits per heavy atom. The Kier molecular flexibility index (Phi) is 5.91. The molecule has 0 amide bonds. The highest BCUT2D eigenvalue weighted by molar-refractivity contribution is 7.89. The van der Waals surface area contributed by atoms with Gasteiger partial charge in [0.05, 0.1) is 12.4 Å². The molecule has 0 aliphatic heterocycles. The maximum atomic E-state index is 11.6. The SMILES string of the molecule is CCOc1ccc(C(C)NS(=O)(=O)CCCl)cc1. The molecule has 0 aromatic heterocycles. The summed E-state index contributed by atoms with van der Waals surface area (Å²) in [6.45, 7) is 4.32. The molecule has 0 aliphatic carbocycles. The van der Waals surface area contributed by atoms with Gasteiger partial charge in [-0.25, -0.2) is 13.1 Å². The summed E-state index contributed by atoms with van der Waals surface area (Å²) in [5.41, 5.74) is 0.886. The fourth-order valence-electron chi connectivity index (χ4n) is 1.52. The second kappa shape index (κ2) is 6.97. The smallest absolute Gasteiger partial charge is 0.213 e.